The van der Waals surface area contributed by atoms with Crippen molar-refractivity contribution in [2.45, 2.75) is 0 Å². The Morgan fingerprint density at radius 3 is 2.30 bits per heavy atom. The van der Waals surface area contributed by atoms with Gasteiger partial charge in [-0.15, -0.1) is 0 Å². The SMILES string of the molecule is CS(=O)(=O)N1CCN(COC(=O)c2ccccc2)CC1. The van der Waals surface area contributed by atoms with E-state index in [0.29, 0.717) is 31.7 Å². The van der Waals surface area contributed by atoms with Crippen LogP contribution in [-0.2, 0) is 14.8 Å². The van der Waals surface area contributed by atoms with Crippen LogP contribution in [0.25, 0.3) is 0 Å². The van der Waals surface area contributed by atoms with Crippen LogP contribution in [-0.4, -0.2) is 62.8 Å². The molecule has 2 rings (SSSR count). The number of piperazine rings is 1. The van der Waals surface area contributed by atoms with Crippen molar-refractivity contribution in [3.63, 3.8) is 0 Å². The average Bonchev–Trinajstić information content (AvgIpc) is 2.45. The Hall–Kier alpha value is -1.44. The van der Waals surface area contributed by atoms with Crippen molar-refractivity contribution in [3.05, 3.63) is 35.9 Å². The van der Waals surface area contributed by atoms with E-state index in [4.69, 9.17) is 4.74 Å². The van der Waals surface area contributed by atoms with Crippen LogP contribution in [0.4, 0.5) is 0 Å². The molecule has 1 heterocycles. The summed E-state index contributed by atoms with van der Waals surface area (Å²) >= 11 is 0. The van der Waals surface area contributed by atoms with Crippen LogP contribution >= 0.6 is 0 Å². The molecule has 1 aromatic rings. The van der Waals surface area contributed by atoms with E-state index in [0.717, 1.165) is 0 Å². The number of hydrogen-bond acceptors (Lipinski definition) is 5. The molecule has 1 aliphatic heterocycles. The third-order valence-electron chi connectivity index (χ3n) is 3.19. The number of nitrogens with zero attached hydrogens (tertiary/aromatic N) is 2. The molecule has 0 N–H and O–H groups in total. The Bertz CT molecular complexity index is 551. The first-order valence-corrected chi connectivity index (χ1v) is 8.21. The van der Waals surface area contributed by atoms with Crippen LogP contribution in [0.5, 0.6) is 0 Å². The fraction of sp³-hybridized carbons (Fsp3) is 0.462. The molecule has 0 unspecified atom stereocenters. The molecule has 7 heteroatoms. The van der Waals surface area contributed by atoms with Gasteiger partial charge in [0.15, 0.2) is 0 Å². The molecule has 0 atom stereocenters. The lowest BCUT2D eigenvalue weighted by atomic mass is 10.2. The summed E-state index contributed by atoms with van der Waals surface area (Å²) in [6.45, 7) is 2.18. The maximum Gasteiger partial charge on any atom is 0.339 e. The van der Waals surface area contributed by atoms with Crippen molar-refractivity contribution in [1.82, 2.24) is 9.21 Å². The number of carbonyl (C=O) groups excluding carboxylic acids is 1. The first-order valence-electron chi connectivity index (χ1n) is 6.36. The van der Waals surface area contributed by atoms with E-state index < -0.39 is 10.0 Å². The van der Waals surface area contributed by atoms with Gasteiger partial charge in [0.25, 0.3) is 0 Å². The van der Waals surface area contributed by atoms with E-state index in [1.807, 2.05) is 11.0 Å². The molecule has 1 aliphatic rings. The Morgan fingerprint density at radius 2 is 1.75 bits per heavy atom. The number of hydrogen-bond donors (Lipinski definition) is 0. The highest BCUT2D eigenvalue weighted by atomic mass is 32.2. The third kappa shape index (κ3) is 4.03. The topological polar surface area (TPSA) is 66.9 Å². The summed E-state index contributed by atoms with van der Waals surface area (Å²) in [7, 11) is -3.12. The van der Waals surface area contributed by atoms with Gasteiger partial charge in [-0.05, 0) is 12.1 Å². The summed E-state index contributed by atoms with van der Waals surface area (Å²) in [6.07, 6.45) is 1.21. The van der Waals surface area contributed by atoms with Gasteiger partial charge in [-0.1, -0.05) is 18.2 Å². The van der Waals surface area contributed by atoms with Gasteiger partial charge >= 0.3 is 5.97 Å². The third-order valence-corrected chi connectivity index (χ3v) is 4.49. The summed E-state index contributed by atoms with van der Waals surface area (Å²) in [4.78, 5) is 13.7. The van der Waals surface area contributed by atoms with E-state index in [9.17, 15) is 13.2 Å². The number of esters is 1. The highest BCUT2D eigenvalue weighted by Gasteiger charge is 2.23. The fourth-order valence-corrected chi connectivity index (χ4v) is 2.82. The van der Waals surface area contributed by atoms with Crippen LogP contribution in [0, 0.1) is 0 Å². The van der Waals surface area contributed by atoms with Crippen molar-refractivity contribution in [2.24, 2.45) is 0 Å². The van der Waals surface area contributed by atoms with Crippen LogP contribution in [0.2, 0.25) is 0 Å². The standard InChI is InChI=1S/C13H18N2O4S/c1-20(17,18)15-9-7-14(8-10-15)11-19-13(16)12-5-3-2-4-6-12/h2-6H,7-11H2,1H3. The molecule has 0 bridgehead atoms. The highest BCUT2D eigenvalue weighted by molar-refractivity contribution is 7.88. The summed E-state index contributed by atoms with van der Waals surface area (Å²) in [5.74, 6) is -0.365. The normalized spacial score (nSPS) is 17.9. The molecule has 20 heavy (non-hydrogen) atoms. The molecule has 0 spiro atoms. The Labute approximate surface area is 119 Å². The molecular formula is C13H18N2O4S. The lowest BCUT2D eigenvalue weighted by Gasteiger charge is -2.32. The van der Waals surface area contributed by atoms with Gasteiger partial charge in [0.05, 0.1) is 11.8 Å². The minimum atomic E-state index is -3.12. The monoisotopic (exact) mass is 298 g/mol. The molecular weight excluding hydrogens is 280 g/mol. The number of carbonyl (C=O) groups is 1. The molecule has 0 amide bonds. The fourth-order valence-electron chi connectivity index (χ4n) is 2.00. The van der Waals surface area contributed by atoms with Crippen LogP contribution in [0.15, 0.2) is 30.3 Å². The second-order valence-electron chi connectivity index (χ2n) is 4.71. The summed E-state index contributed by atoms with van der Waals surface area (Å²) in [6, 6.07) is 8.79. The predicted molar refractivity (Wildman–Crippen MR) is 74.7 cm³/mol. The van der Waals surface area contributed by atoms with Gasteiger partial charge < -0.3 is 4.74 Å². The zero-order valence-corrected chi connectivity index (χ0v) is 12.2. The van der Waals surface area contributed by atoms with Gasteiger partial charge in [0.1, 0.15) is 6.73 Å². The molecule has 0 radical (unpaired) electrons. The van der Waals surface area contributed by atoms with E-state index in [2.05, 4.69) is 0 Å². The average molecular weight is 298 g/mol. The van der Waals surface area contributed by atoms with Gasteiger partial charge in [-0.3, -0.25) is 4.90 Å². The largest absolute Gasteiger partial charge is 0.446 e. The Morgan fingerprint density at radius 1 is 1.15 bits per heavy atom. The quantitative estimate of drug-likeness (QED) is 0.752. The molecule has 6 nitrogen and oxygen atoms in total. The molecule has 1 saturated heterocycles. The molecule has 0 aromatic heterocycles. The van der Waals surface area contributed by atoms with Crippen molar-refractivity contribution in [3.8, 4) is 0 Å². The lowest BCUT2D eigenvalue weighted by Crippen LogP contribution is -2.48. The Kier molecular flexibility index (Phi) is 4.74. The molecule has 1 aromatic carbocycles. The molecule has 110 valence electrons. The first-order chi connectivity index (χ1) is 9.47. The minimum Gasteiger partial charge on any atom is -0.446 e. The lowest BCUT2D eigenvalue weighted by molar-refractivity contribution is 0.0141. The Balaban J connectivity index is 1.78. The second kappa shape index (κ2) is 6.34. The second-order valence-corrected chi connectivity index (χ2v) is 6.69. The van der Waals surface area contributed by atoms with E-state index in [1.54, 1.807) is 24.3 Å². The van der Waals surface area contributed by atoms with Crippen molar-refractivity contribution < 1.29 is 17.9 Å². The van der Waals surface area contributed by atoms with Crippen LogP contribution < -0.4 is 0 Å². The zero-order valence-electron chi connectivity index (χ0n) is 11.4. The number of rotatable bonds is 4. The van der Waals surface area contributed by atoms with Crippen LogP contribution in [0.1, 0.15) is 10.4 Å². The smallest absolute Gasteiger partial charge is 0.339 e. The van der Waals surface area contributed by atoms with E-state index in [1.165, 1.54) is 10.6 Å². The summed E-state index contributed by atoms with van der Waals surface area (Å²) in [5.41, 5.74) is 0.516. The van der Waals surface area contributed by atoms with Crippen molar-refractivity contribution in [1.29, 1.82) is 0 Å². The minimum absolute atomic E-state index is 0.186. The van der Waals surface area contributed by atoms with Crippen LogP contribution in [0.3, 0.4) is 0 Å². The van der Waals surface area contributed by atoms with Gasteiger partial charge in [0.2, 0.25) is 10.0 Å². The number of ether oxygens (including phenoxy) is 1. The number of sulfonamides is 1. The predicted octanol–water partition coefficient (Wildman–Crippen LogP) is 0.378. The van der Waals surface area contributed by atoms with Crippen molar-refractivity contribution >= 4 is 16.0 Å². The van der Waals surface area contributed by atoms with Gasteiger partial charge in [0, 0.05) is 26.2 Å². The van der Waals surface area contributed by atoms with Gasteiger partial charge in [-0.2, -0.15) is 4.31 Å². The summed E-state index contributed by atoms with van der Waals surface area (Å²) < 4.78 is 29.4. The summed E-state index contributed by atoms with van der Waals surface area (Å²) in [5, 5.41) is 0. The van der Waals surface area contributed by atoms with E-state index in [-0.39, 0.29) is 12.7 Å². The zero-order chi connectivity index (χ0) is 14.6. The highest BCUT2D eigenvalue weighted by Crippen LogP contribution is 2.07. The maximum absolute atomic E-state index is 11.8. The van der Waals surface area contributed by atoms with Crippen molar-refractivity contribution in [2.75, 3.05) is 39.2 Å². The van der Waals surface area contributed by atoms with Gasteiger partial charge in [-0.25, -0.2) is 13.2 Å². The number of benzene rings is 1. The molecule has 1 fully saturated rings. The first kappa shape index (κ1) is 15.0. The maximum atomic E-state index is 11.8. The van der Waals surface area contributed by atoms with E-state index >= 15 is 0 Å². The molecule has 0 saturated carbocycles. The molecule has 0 aliphatic carbocycles.